The molecular weight excluding hydrogens is 484 g/mol. The second kappa shape index (κ2) is 10.8. The minimum Gasteiger partial charge on any atom is -0.451 e. The van der Waals surface area contributed by atoms with Gasteiger partial charge in [-0.2, -0.15) is 0 Å². The number of nitrogens with zero attached hydrogens (tertiary/aromatic N) is 2. The van der Waals surface area contributed by atoms with Gasteiger partial charge in [0.1, 0.15) is 0 Å². The quantitative estimate of drug-likeness (QED) is 0.324. The Balaban J connectivity index is 0.989. The Kier molecular flexibility index (Phi) is 7.08. The molecule has 37 heavy (non-hydrogen) atoms. The van der Waals surface area contributed by atoms with E-state index in [4.69, 9.17) is 21.1 Å². The second-order valence-electron chi connectivity index (χ2n) is 10.5. The molecule has 6 heteroatoms. The monoisotopic (exact) mass is 516 g/mol. The zero-order chi connectivity index (χ0) is 25.2. The van der Waals surface area contributed by atoms with Gasteiger partial charge in [0.15, 0.2) is 11.5 Å². The molecule has 0 bridgehead atoms. The number of hydrogen-bond donors (Lipinski definition) is 0. The molecule has 1 saturated heterocycles. The first-order valence-corrected chi connectivity index (χ1v) is 13.8. The number of piperidine rings is 1. The highest BCUT2D eigenvalue weighted by atomic mass is 35.5. The second-order valence-corrected chi connectivity index (χ2v) is 11.0. The van der Waals surface area contributed by atoms with Crippen molar-refractivity contribution in [2.75, 3.05) is 19.6 Å². The van der Waals surface area contributed by atoms with Gasteiger partial charge in [0.05, 0.1) is 5.38 Å². The number of alkyl halides is 1. The molecule has 0 N–H and O–H groups in total. The number of rotatable bonds is 8. The fraction of sp³-hybridized carbons (Fsp3) is 0.387. The lowest BCUT2D eigenvalue weighted by Crippen LogP contribution is -2.35. The average Bonchev–Trinajstić information content (AvgIpc) is 3.46. The minimum absolute atomic E-state index is 0.103. The van der Waals surface area contributed by atoms with Crippen LogP contribution < -0.4 is 9.47 Å². The first kappa shape index (κ1) is 24.3. The van der Waals surface area contributed by atoms with Crippen LogP contribution in [0, 0.1) is 5.92 Å². The molecule has 3 heterocycles. The van der Waals surface area contributed by atoms with E-state index in [2.05, 4.69) is 35.2 Å². The zero-order valence-corrected chi connectivity index (χ0v) is 21.8. The summed E-state index contributed by atoms with van der Waals surface area (Å²) < 4.78 is 12.1. The highest BCUT2D eigenvalue weighted by molar-refractivity contribution is 6.20. The van der Waals surface area contributed by atoms with Crippen molar-refractivity contribution >= 4 is 17.5 Å². The molecule has 0 saturated carbocycles. The first-order valence-electron chi connectivity index (χ1n) is 13.4. The largest absolute Gasteiger partial charge is 0.451 e. The van der Waals surface area contributed by atoms with E-state index in [0.717, 1.165) is 49.3 Å². The fourth-order valence-electron chi connectivity index (χ4n) is 5.73. The molecule has 6 rings (SSSR count). The van der Waals surface area contributed by atoms with E-state index >= 15 is 0 Å². The summed E-state index contributed by atoms with van der Waals surface area (Å²) in [6.07, 6.45) is 3.55. The molecule has 3 aliphatic heterocycles. The van der Waals surface area contributed by atoms with Gasteiger partial charge in [0.2, 0.25) is 6.29 Å². The van der Waals surface area contributed by atoms with Crippen molar-refractivity contribution in [1.29, 1.82) is 0 Å². The number of carbonyl (C=O) groups is 1. The molecule has 1 amide bonds. The van der Waals surface area contributed by atoms with Crippen LogP contribution in [0.15, 0.2) is 72.8 Å². The normalized spacial score (nSPS) is 20.3. The van der Waals surface area contributed by atoms with Crippen LogP contribution in [0.25, 0.3) is 0 Å². The Hall–Kier alpha value is -3.02. The zero-order valence-electron chi connectivity index (χ0n) is 21.0. The van der Waals surface area contributed by atoms with Gasteiger partial charge in [-0.25, -0.2) is 0 Å². The molecule has 1 fully saturated rings. The summed E-state index contributed by atoms with van der Waals surface area (Å²) in [7, 11) is 0. The van der Waals surface area contributed by atoms with E-state index in [9.17, 15) is 4.79 Å². The van der Waals surface area contributed by atoms with Gasteiger partial charge < -0.3 is 14.4 Å². The summed E-state index contributed by atoms with van der Waals surface area (Å²) in [5.41, 5.74) is 4.19. The highest BCUT2D eigenvalue weighted by Crippen LogP contribution is 2.42. The lowest BCUT2D eigenvalue weighted by atomic mass is 9.93. The maximum Gasteiger partial charge on any atom is 0.254 e. The first-order chi connectivity index (χ1) is 18.1. The van der Waals surface area contributed by atoms with Crippen LogP contribution in [0.5, 0.6) is 11.5 Å². The summed E-state index contributed by atoms with van der Waals surface area (Å²) in [5, 5.41) is -0.199. The van der Waals surface area contributed by atoms with E-state index in [1.54, 1.807) is 0 Å². The average molecular weight is 517 g/mol. The van der Waals surface area contributed by atoms with Crippen LogP contribution in [0.1, 0.15) is 58.1 Å². The van der Waals surface area contributed by atoms with Crippen LogP contribution in [0.4, 0.5) is 0 Å². The Labute approximate surface area is 223 Å². The van der Waals surface area contributed by atoms with E-state index in [0.29, 0.717) is 30.4 Å². The van der Waals surface area contributed by atoms with Crippen molar-refractivity contribution in [3.63, 3.8) is 0 Å². The summed E-state index contributed by atoms with van der Waals surface area (Å²) in [5.74, 6) is 2.13. The molecule has 3 aliphatic rings. The van der Waals surface area contributed by atoms with Gasteiger partial charge >= 0.3 is 0 Å². The SMILES string of the molecule is O=C1c2cc3c(cc2CN1CCC1CCN(Cc2ccccc2)CC1)O[C@@H](CC(Cl)c1ccccc1)O3. The van der Waals surface area contributed by atoms with Gasteiger partial charge in [0, 0.05) is 31.6 Å². The standard InChI is InChI=1S/C31H33ClN2O3/c32-27(24-9-5-2-6-10-24)19-30-36-28-17-25-21-34(31(35)26(25)18-29(28)37-30)16-13-22-11-14-33(15-12-22)20-23-7-3-1-4-8-23/h1-10,17-18,22,27,30H,11-16,19-21H2/t27?,30-/m1/s1. The molecule has 3 aromatic carbocycles. The van der Waals surface area contributed by atoms with Gasteiger partial charge in [-0.1, -0.05) is 60.7 Å². The molecule has 0 aliphatic carbocycles. The molecule has 0 spiro atoms. The lowest BCUT2D eigenvalue weighted by molar-refractivity contribution is 0.0409. The fourth-order valence-corrected chi connectivity index (χ4v) is 6.02. The summed E-state index contributed by atoms with van der Waals surface area (Å²) in [4.78, 5) is 17.7. The summed E-state index contributed by atoms with van der Waals surface area (Å²) in [6, 6.07) is 24.5. The third kappa shape index (κ3) is 5.48. The number of likely N-dealkylation sites (tertiary alicyclic amines) is 1. The molecule has 0 aromatic heterocycles. The lowest BCUT2D eigenvalue weighted by Gasteiger charge is -2.32. The Bertz CT molecular complexity index is 1230. The summed E-state index contributed by atoms with van der Waals surface area (Å²) in [6.45, 7) is 4.73. The molecule has 0 radical (unpaired) electrons. The van der Waals surface area contributed by atoms with Crippen molar-refractivity contribution in [3.8, 4) is 11.5 Å². The predicted molar refractivity (Wildman–Crippen MR) is 145 cm³/mol. The van der Waals surface area contributed by atoms with Crippen molar-refractivity contribution in [2.24, 2.45) is 5.92 Å². The molecule has 192 valence electrons. The van der Waals surface area contributed by atoms with Gasteiger partial charge in [0.25, 0.3) is 5.91 Å². The molecule has 5 nitrogen and oxygen atoms in total. The van der Waals surface area contributed by atoms with E-state index in [1.807, 2.05) is 47.4 Å². The van der Waals surface area contributed by atoms with E-state index in [1.165, 1.54) is 18.4 Å². The van der Waals surface area contributed by atoms with Gasteiger partial charge in [-0.15, -0.1) is 11.6 Å². The van der Waals surface area contributed by atoms with E-state index in [-0.39, 0.29) is 11.3 Å². The van der Waals surface area contributed by atoms with Crippen LogP contribution in [0.2, 0.25) is 0 Å². The van der Waals surface area contributed by atoms with Gasteiger partial charge in [-0.05, 0) is 67.1 Å². The maximum atomic E-state index is 13.2. The number of carbonyl (C=O) groups excluding carboxylic acids is 1. The Morgan fingerprint density at radius 2 is 1.59 bits per heavy atom. The van der Waals surface area contributed by atoms with Crippen molar-refractivity contribution < 1.29 is 14.3 Å². The minimum atomic E-state index is -0.445. The third-order valence-electron chi connectivity index (χ3n) is 7.89. The number of fused-ring (bicyclic) bond motifs is 2. The smallest absolute Gasteiger partial charge is 0.254 e. The van der Waals surface area contributed by atoms with Crippen LogP contribution in [-0.4, -0.2) is 41.6 Å². The van der Waals surface area contributed by atoms with Crippen molar-refractivity contribution in [3.05, 3.63) is 95.1 Å². The van der Waals surface area contributed by atoms with Crippen molar-refractivity contribution in [2.45, 2.75) is 50.4 Å². The predicted octanol–water partition coefficient (Wildman–Crippen LogP) is 6.41. The Morgan fingerprint density at radius 3 is 2.32 bits per heavy atom. The number of halogens is 1. The van der Waals surface area contributed by atoms with Crippen LogP contribution in [0.3, 0.4) is 0 Å². The molecule has 1 unspecified atom stereocenters. The van der Waals surface area contributed by atoms with Crippen LogP contribution >= 0.6 is 11.6 Å². The topological polar surface area (TPSA) is 42.0 Å². The van der Waals surface area contributed by atoms with Crippen LogP contribution in [-0.2, 0) is 13.1 Å². The third-order valence-corrected chi connectivity index (χ3v) is 8.32. The van der Waals surface area contributed by atoms with Crippen molar-refractivity contribution in [1.82, 2.24) is 9.80 Å². The number of ether oxygens (including phenoxy) is 2. The Morgan fingerprint density at radius 1 is 0.919 bits per heavy atom. The van der Waals surface area contributed by atoms with Gasteiger partial charge in [-0.3, -0.25) is 9.69 Å². The molecular formula is C31H33ClN2O3. The van der Waals surface area contributed by atoms with E-state index < -0.39 is 6.29 Å². The summed E-state index contributed by atoms with van der Waals surface area (Å²) >= 11 is 6.59. The maximum absolute atomic E-state index is 13.2. The number of benzene rings is 3. The molecule has 2 atom stereocenters. The highest BCUT2D eigenvalue weighted by Gasteiger charge is 2.34. The molecule has 3 aromatic rings. The number of hydrogen-bond acceptors (Lipinski definition) is 4. The number of amides is 1.